The molecule has 0 fully saturated rings. The minimum Gasteiger partial charge on any atom is -0.491 e. The molecule has 0 spiro atoms. The molecule has 5 N–H and O–H groups in total. The summed E-state index contributed by atoms with van der Waals surface area (Å²) in [5.74, 6) is -0.0946. The zero-order chi connectivity index (χ0) is 61.0. The van der Waals surface area contributed by atoms with Gasteiger partial charge in [-0.25, -0.2) is 23.2 Å². The van der Waals surface area contributed by atoms with E-state index in [1.807, 2.05) is 13.0 Å². The number of carboxylic acid groups (broad SMARTS) is 1. The van der Waals surface area contributed by atoms with Crippen molar-refractivity contribution in [3.8, 4) is 28.7 Å². The summed E-state index contributed by atoms with van der Waals surface area (Å²) in [6.07, 6.45) is -0.0725. The highest BCUT2D eigenvalue weighted by molar-refractivity contribution is 7.86. The molecule has 2 amide bonds. The number of nitrogens with one attached hydrogen (secondary N) is 2. The van der Waals surface area contributed by atoms with Crippen LogP contribution in [0.3, 0.4) is 0 Å². The van der Waals surface area contributed by atoms with Gasteiger partial charge in [0.05, 0.1) is 4.90 Å². The summed E-state index contributed by atoms with van der Waals surface area (Å²) in [7, 11) is -3.87. The van der Waals surface area contributed by atoms with Crippen molar-refractivity contribution in [1.29, 1.82) is 0 Å². The minimum absolute atomic E-state index is 0. The molecular formula is C64H81F2N3O15S. The van der Waals surface area contributed by atoms with Crippen LogP contribution in [0.2, 0.25) is 0 Å². The molecule has 6 aromatic carbocycles. The van der Waals surface area contributed by atoms with Crippen LogP contribution in [-0.4, -0.2) is 107 Å². The lowest BCUT2D eigenvalue weighted by Crippen LogP contribution is -2.48. The van der Waals surface area contributed by atoms with Crippen molar-refractivity contribution in [1.82, 2.24) is 10.6 Å². The van der Waals surface area contributed by atoms with Crippen molar-refractivity contribution in [3.05, 3.63) is 180 Å². The van der Waals surface area contributed by atoms with Crippen molar-refractivity contribution in [2.75, 3.05) is 39.8 Å². The van der Waals surface area contributed by atoms with E-state index in [1.54, 1.807) is 181 Å². The maximum atomic E-state index is 12.9. The van der Waals surface area contributed by atoms with Gasteiger partial charge in [-0.15, -0.1) is 0 Å². The van der Waals surface area contributed by atoms with Gasteiger partial charge in [0, 0.05) is 18.3 Å². The van der Waals surface area contributed by atoms with Crippen LogP contribution in [0.25, 0.3) is 0 Å². The Morgan fingerprint density at radius 3 is 1.29 bits per heavy atom. The van der Waals surface area contributed by atoms with E-state index in [4.69, 9.17) is 43.4 Å². The number of alkyl carbamates (subject to hydrolysis) is 1. The van der Waals surface area contributed by atoms with Gasteiger partial charge in [0.2, 0.25) is 5.91 Å². The number of carbonyl (C=O) groups is 5. The molecule has 0 bridgehead atoms. The van der Waals surface area contributed by atoms with E-state index in [1.165, 1.54) is 12.1 Å². The molecule has 0 heterocycles. The molecule has 0 radical (unpaired) electrons. The van der Waals surface area contributed by atoms with Gasteiger partial charge in [0.15, 0.2) is 0 Å². The van der Waals surface area contributed by atoms with E-state index < -0.39 is 76.6 Å². The lowest BCUT2D eigenvalue weighted by Gasteiger charge is -2.23. The summed E-state index contributed by atoms with van der Waals surface area (Å²) in [5.41, 5.74) is 7.30. The standard InChI is InChI=1S/C29H33NO8S.C22H26FNO4.C11H14FNO3.2CH4/c1-21-10-16-25(17-11-21)39(33,34)36-19-18-35-23-14-12-22(13-15-23)20-26(30-28(32)38-29(2,3)4)27(31)37-24-8-6-5-7-9-24;1-22(2,3)21(26)24-19(20(25)28-18-7-5-4-6-8-18)15-16-9-11-17(12-10-16)27-14-13-23;12-5-6-16-9-3-1-8(2-4-9)7-10(13)11(14)15;;/h5-17,26H,18-20H2,1-4H3,(H,30,32);4-12,19H,13-15H2,1-3H3,(H,24,26);1-4,10H,5-7,13H2,(H,14,15);2*1H4/i;23-1;12-1;;. The van der Waals surface area contributed by atoms with Crippen LogP contribution in [0.1, 0.15) is 78.6 Å². The summed E-state index contributed by atoms with van der Waals surface area (Å²) >= 11 is 0. The number of carbonyl (C=O) groups excluding carboxylic acids is 4. The Morgan fingerprint density at radius 1 is 0.529 bits per heavy atom. The van der Waals surface area contributed by atoms with E-state index in [2.05, 4.69) is 10.6 Å². The van der Waals surface area contributed by atoms with Crippen LogP contribution < -0.4 is 40.1 Å². The largest absolute Gasteiger partial charge is 0.491 e. The normalized spacial score (nSPS) is 11.9. The zero-order valence-electron chi connectivity index (χ0n) is 47.5. The third-order valence-electron chi connectivity index (χ3n) is 11.2. The van der Waals surface area contributed by atoms with Crippen LogP contribution in [0.4, 0.5) is 13.6 Å². The number of carboxylic acids is 1. The second-order valence-corrected chi connectivity index (χ2v) is 22.1. The monoisotopic (exact) mass is 1200 g/mol. The van der Waals surface area contributed by atoms with Gasteiger partial charge >= 0.3 is 24.0 Å². The van der Waals surface area contributed by atoms with Crippen molar-refractivity contribution in [2.24, 2.45) is 11.1 Å². The van der Waals surface area contributed by atoms with E-state index >= 15 is 0 Å². The fraction of sp³-hybridized carbons (Fsp3) is 0.359. The number of nitrogens with two attached hydrogens (primary N) is 1. The summed E-state index contributed by atoms with van der Waals surface area (Å²) < 4.78 is 85.6. The Bertz CT molecular complexity index is 3050. The van der Waals surface area contributed by atoms with Gasteiger partial charge < -0.3 is 49.9 Å². The van der Waals surface area contributed by atoms with E-state index in [0.29, 0.717) is 28.7 Å². The quantitative estimate of drug-likeness (QED) is 0.0180. The fourth-order valence-corrected chi connectivity index (χ4v) is 7.82. The fourth-order valence-electron chi connectivity index (χ4n) is 6.93. The molecule has 0 saturated carbocycles. The molecule has 85 heavy (non-hydrogen) atoms. The van der Waals surface area contributed by atoms with Crippen molar-refractivity contribution in [3.63, 3.8) is 0 Å². The summed E-state index contributed by atoms with van der Waals surface area (Å²) in [6, 6.07) is 41.4. The first kappa shape index (κ1) is 72.7. The Kier molecular flexibility index (Phi) is 31.1. The Morgan fingerprint density at radius 2 is 0.918 bits per heavy atom. The average molecular weight is 1200 g/mol. The van der Waals surface area contributed by atoms with Crippen molar-refractivity contribution in [2.45, 2.75) is 111 Å². The first-order valence-electron chi connectivity index (χ1n) is 26.4. The third kappa shape index (κ3) is 28.2. The van der Waals surface area contributed by atoms with Crippen LogP contribution in [0.5, 0.6) is 28.7 Å². The summed E-state index contributed by atoms with van der Waals surface area (Å²) in [6.45, 7) is 11.1. The topological polar surface area (TPSA) is 254 Å². The van der Waals surface area contributed by atoms with Crippen molar-refractivity contribution < 1.29 is 78.9 Å². The number of rotatable bonds is 25. The van der Waals surface area contributed by atoms with E-state index in [0.717, 1.165) is 22.3 Å². The van der Waals surface area contributed by atoms with Gasteiger partial charge in [-0.1, -0.05) is 126 Å². The second-order valence-electron chi connectivity index (χ2n) is 20.4. The van der Waals surface area contributed by atoms with Gasteiger partial charge in [0.25, 0.3) is 10.1 Å². The van der Waals surface area contributed by atoms with Crippen LogP contribution in [0.15, 0.2) is 163 Å². The molecule has 0 aliphatic heterocycles. The molecule has 0 saturated heterocycles. The zero-order valence-corrected chi connectivity index (χ0v) is 48.3. The first-order chi connectivity index (χ1) is 39.3. The number of hydrogen-bond acceptors (Lipinski definition) is 15. The predicted molar refractivity (Wildman–Crippen MR) is 321 cm³/mol. The third-order valence-corrected chi connectivity index (χ3v) is 12.5. The number of benzene rings is 6. The Labute approximate surface area is 498 Å². The smallest absolute Gasteiger partial charge is 0.408 e. The molecule has 0 aromatic heterocycles. The van der Waals surface area contributed by atoms with Gasteiger partial charge in [0.1, 0.15) is 92.3 Å². The lowest BCUT2D eigenvalue weighted by molar-refractivity contribution is -0.141. The molecular weight excluding hydrogens is 1120 g/mol. The number of ether oxygens (including phenoxy) is 6. The number of halogens is 2. The highest BCUT2D eigenvalue weighted by Crippen LogP contribution is 2.21. The number of aryl methyl sites for hydroxylation is 1. The molecule has 21 heteroatoms. The molecule has 0 aliphatic rings. The van der Waals surface area contributed by atoms with Gasteiger partial charge in [-0.2, -0.15) is 8.42 Å². The highest BCUT2D eigenvalue weighted by Gasteiger charge is 2.30. The minimum atomic E-state index is -3.87. The number of para-hydroxylation sites is 2. The van der Waals surface area contributed by atoms with Crippen LogP contribution in [-0.2, 0) is 57.5 Å². The molecule has 3 atom stereocenters. The van der Waals surface area contributed by atoms with Crippen LogP contribution in [0, 0.1) is 12.3 Å². The van der Waals surface area contributed by atoms with Crippen LogP contribution >= 0.6 is 0 Å². The van der Waals surface area contributed by atoms with E-state index in [-0.39, 0.29) is 71.3 Å². The van der Waals surface area contributed by atoms with E-state index in [9.17, 15) is 41.2 Å². The summed E-state index contributed by atoms with van der Waals surface area (Å²) in [5, 5.41) is 14.0. The first-order valence-corrected chi connectivity index (χ1v) is 27.8. The van der Waals surface area contributed by atoms with Crippen molar-refractivity contribution >= 4 is 40.0 Å². The SMILES string of the molecule is C.C.CC(C)(C)C(=O)NC(Cc1ccc(OCC[18F])cc1)C(=O)Oc1ccccc1.Cc1ccc(S(=O)(=O)OCCOc2ccc(CC(NC(=O)OC(C)(C)C)C(=O)Oc3ccccc3)cc2)cc1.NC(Cc1ccc(OCC[18F])cc1)C(=O)O. The Hall–Kier alpha value is -8.40. The number of esters is 2. The number of amides is 2. The maximum absolute atomic E-state index is 12.9. The second kappa shape index (κ2) is 36.3. The molecule has 18 nitrogen and oxygen atoms in total. The molecule has 462 valence electrons. The number of aliphatic carboxylic acids is 1. The number of alkyl halides is 2. The molecule has 0 aliphatic carbocycles. The highest BCUT2D eigenvalue weighted by atomic mass is 32.2. The molecule has 3 unspecified atom stereocenters. The summed E-state index contributed by atoms with van der Waals surface area (Å²) in [4.78, 5) is 61.0. The number of hydrogen-bond donors (Lipinski definition) is 4. The molecule has 6 aromatic rings. The maximum Gasteiger partial charge on any atom is 0.408 e. The predicted octanol–water partition coefficient (Wildman–Crippen LogP) is 10.8. The van der Waals surface area contributed by atoms with Gasteiger partial charge in [-0.3, -0.25) is 13.8 Å². The average Bonchev–Trinajstić information content (AvgIpc) is 3.66. The lowest BCUT2D eigenvalue weighted by atomic mass is 9.94. The Balaban J connectivity index is 0.000000468. The molecule has 6 rings (SSSR count). The van der Waals surface area contributed by atoms with Gasteiger partial charge in [-0.05, 0) is 124 Å².